The molecule has 2 unspecified atom stereocenters. The average molecular weight is 240 g/mol. The number of carbonyl (C=O) groups excluding carboxylic acids is 1. The van der Waals surface area contributed by atoms with Gasteiger partial charge in [0.25, 0.3) is 0 Å². The smallest absolute Gasteiger partial charge is 0.169 e. The number of nitrogens with one attached hydrogen (secondary N) is 1. The predicted octanol–water partition coefficient (Wildman–Crippen LogP) is 2.42. The van der Waals surface area contributed by atoms with Gasteiger partial charge in [0.15, 0.2) is 5.78 Å². The maximum Gasteiger partial charge on any atom is 0.169 e. The zero-order valence-electron chi connectivity index (χ0n) is 10.4. The van der Waals surface area contributed by atoms with E-state index < -0.39 is 0 Å². The predicted molar refractivity (Wildman–Crippen MR) is 71.6 cm³/mol. The lowest BCUT2D eigenvalue weighted by atomic mass is 9.92. The fourth-order valence-electron chi connectivity index (χ4n) is 2.64. The van der Waals surface area contributed by atoms with Gasteiger partial charge in [-0.15, -0.1) is 0 Å². The highest BCUT2D eigenvalue weighted by molar-refractivity contribution is 6.00. The van der Waals surface area contributed by atoms with Crippen LogP contribution in [-0.4, -0.2) is 23.4 Å². The summed E-state index contributed by atoms with van der Waals surface area (Å²) in [4.78, 5) is 16.8. The molecule has 18 heavy (non-hydrogen) atoms. The number of hydrogen-bond acceptors (Lipinski definition) is 3. The first-order chi connectivity index (χ1) is 8.75. The van der Waals surface area contributed by atoms with E-state index in [-0.39, 0.29) is 17.7 Å². The van der Waals surface area contributed by atoms with Gasteiger partial charge in [-0.1, -0.05) is 18.2 Å². The normalized spacial score (nSPS) is 23.4. The Morgan fingerprint density at radius 3 is 3.00 bits per heavy atom. The molecule has 1 aliphatic rings. The van der Waals surface area contributed by atoms with Crippen molar-refractivity contribution < 1.29 is 4.79 Å². The van der Waals surface area contributed by atoms with Crippen molar-refractivity contribution >= 4 is 16.7 Å². The van der Waals surface area contributed by atoms with Gasteiger partial charge in [0.1, 0.15) is 0 Å². The zero-order chi connectivity index (χ0) is 12.5. The Morgan fingerprint density at radius 2 is 2.22 bits per heavy atom. The first-order valence-electron chi connectivity index (χ1n) is 6.38. The molecule has 1 aliphatic heterocycles. The van der Waals surface area contributed by atoms with Crippen molar-refractivity contribution in [1.29, 1.82) is 0 Å². The minimum absolute atomic E-state index is 0.0907. The summed E-state index contributed by atoms with van der Waals surface area (Å²) in [5.74, 6) is 0.304. The van der Waals surface area contributed by atoms with E-state index in [0.29, 0.717) is 0 Å². The molecule has 0 spiro atoms. The number of carbonyl (C=O) groups is 1. The van der Waals surface area contributed by atoms with Crippen LogP contribution in [0.1, 0.15) is 23.7 Å². The van der Waals surface area contributed by atoms with Crippen molar-refractivity contribution in [1.82, 2.24) is 10.3 Å². The van der Waals surface area contributed by atoms with E-state index in [2.05, 4.69) is 17.2 Å². The summed E-state index contributed by atoms with van der Waals surface area (Å²) in [5, 5.41) is 4.35. The lowest BCUT2D eigenvalue weighted by Crippen LogP contribution is -2.28. The van der Waals surface area contributed by atoms with Crippen LogP contribution in [0.15, 0.2) is 36.5 Å². The highest BCUT2D eigenvalue weighted by Gasteiger charge is 2.30. The molecule has 3 nitrogen and oxygen atoms in total. The number of rotatable bonds is 2. The molecule has 0 amide bonds. The minimum atomic E-state index is 0.0907. The Hall–Kier alpha value is -1.74. The van der Waals surface area contributed by atoms with Gasteiger partial charge >= 0.3 is 0 Å². The first kappa shape index (κ1) is 11.4. The number of aromatic nitrogens is 1. The van der Waals surface area contributed by atoms with E-state index in [1.54, 1.807) is 6.20 Å². The summed E-state index contributed by atoms with van der Waals surface area (Å²) in [6.07, 6.45) is 2.63. The van der Waals surface area contributed by atoms with E-state index >= 15 is 0 Å². The van der Waals surface area contributed by atoms with Gasteiger partial charge in [0.05, 0.1) is 5.52 Å². The Kier molecular flexibility index (Phi) is 2.84. The van der Waals surface area contributed by atoms with Crippen molar-refractivity contribution in [3.8, 4) is 0 Å². The maximum absolute atomic E-state index is 12.4. The molecule has 0 bridgehead atoms. The monoisotopic (exact) mass is 240 g/mol. The number of pyridine rings is 1. The molecule has 1 aromatic heterocycles. The molecule has 2 atom stereocenters. The second-order valence-electron chi connectivity index (χ2n) is 4.92. The molecule has 2 heterocycles. The van der Waals surface area contributed by atoms with Crippen molar-refractivity contribution in [2.75, 3.05) is 6.54 Å². The van der Waals surface area contributed by atoms with Crippen LogP contribution in [0.25, 0.3) is 10.9 Å². The van der Waals surface area contributed by atoms with Crippen molar-refractivity contribution in [2.24, 2.45) is 5.92 Å². The fraction of sp³-hybridized carbons (Fsp3) is 0.333. The summed E-state index contributed by atoms with van der Waals surface area (Å²) in [6.45, 7) is 3.00. The molecule has 1 aromatic carbocycles. The first-order valence-corrected chi connectivity index (χ1v) is 6.38. The van der Waals surface area contributed by atoms with Gasteiger partial charge in [-0.05, 0) is 32.0 Å². The molecule has 2 aromatic rings. The Morgan fingerprint density at radius 1 is 1.39 bits per heavy atom. The van der Waals surface area contributed by atoms with Crippen LogP contribution in [0, 0.1) is 5.92 Å². The van der Waals surface area contributed by atoms with E-state index in [1.165, 1.54) is 0 Å². The number of fused-ring (bicyclic) bond motifs is 1. The van der Waals surface area contributed by atoms with E-state index in [9.17, 15) is 4.79 Å². The van der Waals surface area contributed by atoms with Crippen LogP contribution in [0.2, 0.25) is 0 Å². The number of para-hydroxylation sites is 1. The summed E-state index contributed by atoms with van der Waals surface area (Å²) in [5.41, 5.74) is 1.67. The van der Waals surface area contributed by atoms with E-state index in [1.807, 2.05) is 30.3 Å². The number of nitrogens with zero attached hydrogens (tertiary/aromatic N) is 1. The SMILES string of the molecule is CC1NCCC1C(=O)c1cnc2ccccc2c1. The molecule has 0 saturated carbocycles. The summed E-state index contributed by atoms with van der Waals surface area (Å²) < 4.78 is 0. The number of ketones is 1. The third-order valence-corrected chi connectivity index (χ3v) is 3.74. The molecule has 0 aliphatic carbocycles. The molecule has 1 fully saturated rings. The molecule has 1 saturated heterocycles. The molecule has 1 N–H and O–H groups in total. The van der Waals surface area contributed by atoms with Gasteiger partial charge in [0.2, 0.25) is 0 Å². The highest BCUT2D eigenvalue weighted by Crippen LogP contribution is 2.22. The highest BCUT2D eigenvalue weighted by atomic mass is 16.1. The topological polar surface area (TPSA) is 42.0 Å². The third-order valence-electron chi connectivity index (χ3n) is 3.74. The molecular formula is C15H16N2O. The van der Waals surface area contributed by atoms with Crippen LogP contribution in [0.4, 0.5) is 0 Å². The summed E-state index contributed by atoms with van der Waals surface area (Å²) in [7, 11) is 0. The van der Waals surface area contributed by atoms with Crippen LogP contribution >= 0.6 is 0 Å². The van der Waals surface area contributed by atoms with Gasteiger partial charge < -0.3 is 5.32 Å². The Labute approximate surface area is 106 Å². The standard InChI is InChI=1S/C15H16N2O/c1-10-13(6-7-16-10)15(18)12-8-11-4-2-3-5-14(11)17-9-12/h2-5,8-10,13,16H,6-7H2,1H3. The summed E-state index contributed by atoms with van der Waals surface area (Å²) in [6, 6.07) is 10.1. The average Bonchev–Trinajstić information content (AvgIpc) is 2.83. The van der Waals surface area contributed by atoms with Crippen LogP contribution in [0.3, 0.4) is 0 Å². The fourth-order valence-corrected chi connectivity index (χ4v) is 2.64. The van der Waals surface area contributed by atoms with Crippen LogP contribution < -0.4 is 5.32 Å². The van der Waals surface area contributed by atoms with Gasteiger partial charge in [0, 0.05) is 29.1 Å². The Balaban J connectivity index is 1.96. The quantitative estimate of drug-likeness (QED) is 0.820. The van der Waals surface area contributed by atoms with E-state index in [0.717, 1.165) is 29.4 Å². The molecule has 3 rings (SSSR count). The zero-order valence-corrected chi connectivity index (χ0v) is 10.4. The second kappa shape index (κ2) is 4.50. The number of benzene rings is 1. The van der Waals surface area contributed by atoms with Crippen LogP contribution in [-0.2, 0) is 0 Å². The van der Waals surface area contributed by atoms with Crippen molar-refractivity contribution in [3.63, 3.8) is 0 Å². The molecular weight excluding hydrogens is 224 g/mol. The summed E-state index contributed by atoms with van der Waals surface area (Å²) >= 11 is 0. The molecule has 92 valence electrons. The number of hydrogen-bond donors (Lipinski definition) is 1. The lowest BCUT2D eigenvalue weighted by molar-refractivity contribution is 0.0914. The minimum Gasteiger partial charge on any atom is -0.313 e. The van der Waals surface area contributed by atoms with Gasteiger partial charge in [-0.2, -0.15) is 0 Å². The van der Waals surface area contributed by atoms with Crippen molar-refractivity contribution in [2.45, 2.75) is 19.4 Å². The van der Waals surface area contributed by atoms with E-state index in [4.69, 9.17) is 0 Å². The van der Waals surface area contributed by atoms with Gasteiger partial charge in [-0.3, -0.25) is 9.78 Å². The number of Topliss-reactive ketones (excluding diaryl/α,β-unsaturated/α-hetero) is 1. The lowest BCUT2D eigenvalue weighted by Gasteiger charge is -2.13. The maximum atomic E-state index is 12.4. The third kappa shape index (κ3) is 1.91. The Bertz CT molecular complexity index is 594. The second-order valence-corrected chi connectivity index (χ2v) is 4.92. The molecule has 0 radical (unpaired) electrons. The largest absolute Gasteiger partial charge is 0.313 e. The molecule has 3 heteroatoms. The van der Waals surface area contributed by atoms with Gasteiger partial charge in [-0.25, -0.2) is 0 Å². The van der Waals surface area contributed by atoms with Crippen molar-refractivity contribution in [3.05, 3.63) is 42.1 Å². The van der Waals surface area contributed by atoms with Crippen LogP contribution in [0.5, 0.6) is 0 Å².